The van der Waals surface area contributed by atoms with E-state index in [0.717, 1.165) is 23.4 Å². The average molecular weight is 281 g/mol. The molecule has 0 aliphatic rings. The van der Waals surface area contributed by atoms with Gasteiger partial charge < -0.3 is 0 Å². The zero-order valence-corrected chi connectivity index (χ0v) is 10.9. The van der Waals surface area contributed by atoms with E-state index in [1.54, 1.807) is 6.07 Å². The molecule has 0 unspecified atom stereocenters. The Morgan fingerprint density at radius 1 is 1.11 bits per heavy atom. The fourth-order valence-electron chi connectivity index (χ4n) is 1.44. The predicted molar refractivity (Wildman–Crippen MR) is 73.8 cm³/mol. The number of nitrogens with one attached hydrogen (secondary N) is 1. The topological polar surface area (TPSA) is 24.4 Å². The van der Waals surface area contributed by atoms with Gasteiger partial charge in [-0.2, -0.15) is 5.10 Å². The van der Waals surface area contributed by atoms with E-state index in [1.165, 1.54) is 12.3 Å². The van der Waals surface area contributed by atoms with Crippen LogP contribution in [0.15, 0.2) is 41.5 Å². The molecular formula is C14H11ClF2N2. The second-order valence-corrected chi connectivity index (χ2v) is 4.41. The largest absolute Gasteiger partial charge is 0.278 e. The second kappa shape index (κ2) is 5.80. The molecule has 0 aromatic heterocycles. The Hall–Kier alpha value is -1.94. The highest BCUT2D eigenvalue weighted by molar-refractivity contribution is 6.31. The molecule has 0 amide bonds. The summed E-state index contributed by atoms with van der Waals surface area (Å²) in [4.78, 5) is 0. The third-order valence-electron chi connectivity index (χ3n) is 2.52. The Labute approximate surface area is 114 Å². The first-order valence-corrected chi connectivity index (χ1v) is 5.94. The maximum Gasteiger partial charge on any atom is 0.159 e. The Kier molecular flexibility index (Phi) is 4.12. The van der Waals surface area contributed by atoms with Crippen molar-refractivity contribution < 1.29 is 8.78 Å². The van der Waals surface area contributed by atoms with Crippen molar-refractivity contribution in [3.8, 4) is 0 Å². The molecule has 0 aliphatic heterocycles. The summed E-state index contributed by atoms with van der Waals surface area (Å²) in [5.74, 6) is -1.78. The predicted octanol–water partition coefficient (Wildman–Crippen LogP) is 4.37. The minimum absolute atomic E-state index is 0.463. The van der Waals surface area contributed by atoms with E-state index in [0.29, 0.717) is 10.6 Å². The molecular weight excluding hydrogens is 270 g/mol. The van der Waals surface area contributed by atoms with E-state index in [1.807, 2.05) is 19.1 Å². The molecule has 2 nitrogen and oxygen atoms in total. The van der Waals surface area contributed by atoms with Gasteiger partial charge in [0.1, 0.15) is 0 Å². The van der Waals surface area contributed by atoms with Crippen LogP contribution in [0.3, 0.4) is 0 Å². The van der Waals surface area contributed by atoms with Crippen molar-refractivity contribution >= 4 is 23.5 Å². The maximum atomic E-state index is 13.0. The first kappa shape index (κ1) is 13.5. The van der Waals surface area contributed by atoms with E-state index < -0.39 is 11.6 Å². The Morgan fingerprint density at radius 3 is 2.58 bits per heavy atom. The van der Waals surface area contributed by atoms with Crippen molar-refractivity contribution in [1.82, 2.24) is 0 Å². The number of hydrazone groups is 1. The van der Waals surface area contributed by atoms with E-state index >= 15 is 0 Å². The lowest BCUT2D eigenvalue weighted by Gasteiger charge is -2.02. The number of anilines is 1. The summed E-state index contributed by atoms with van der Waals surface area (Å²) in [6, 6.07) is 8.98. The quantitative estimate of drug-likeness (QED) is 0.655. The lowest BCUT2D eigenvalue weighted by atomic mass is 10.2. The number of aryl methyl sites for hydroxylation is 1. The van der Waals surface area contributed by atoms with Crippen LogP contribution in [0.25, 0.3) is 0 Å². The van der Waals surface area contributed by atoms with E-state index in [2.05, 4.69) is 10.5 Å². The molecule has 5 heteroatoms. The van der Waals surface area contributed by atoms with Crippen LogP contribution in [0.4, 0.5) is 14.5 Å². The third kappa shape index (κ3) is 3.51. The summed E-state index contributed by atoms with van der Waals surface area (Å²) in [6.45, 7) is 1.90. The van der Waals surface area contributed by atoms with Crippen LogP contribution in [0, 0.1) is 18.6 Å². The zero-order valence-electron chi connectivity index (χ0n) is 10.1. The van der Waals surface area contributed by atoms with Crippen LogP contribution in [-0.2, 0) is 0 Å². The molecule has 0 fully saturated rings. The van der Waals surface area contributed by atoms with Crippen LogP contribution in [0.5, 0.6) is 0 Å². The number of benzene rings is 2. The van der Waals surface area contributed by atoms with Gasteiger partial charge in [-0.25, -0.2) is 8.78 Å². The van der Waals surface area contributed by atoms with Crippen molar-refractivity contribution in [1.29, 1.82) is 0 Å². The average Bonchev–Trinajstić information content (AvgIpc) is 2.38. The van der Waals surface area contributed by atoms with Crippen LogP contribution in [-0.4, -0.2) is 6.21 Å². The first-order chi connectivity index (χ1) is 9.06. The molecule has 0 bridgehead atoms. The Balaban J connectivity index is 2.06. The number of hydrogen-bond acceptors (Lipinski definition) is 2. The molecule has 0 radical (unpaired) electrons. The third-order valence-corrected chi connectivity index (χ3v) is 2.93. The van der Waals surface area contributed by atoms with E-state index in [4.69, 9.17) is 11.6 Å². The minimum atomic E-state index is -0.901. The molecule has 0 aliphatic carbocycles. The SMILES string of the molecule is Cc1ccc(NN=Cc2ccc(F)c(F)c2)cc1Cl. The molecule has 2 aromatic carbocycles. The van der Waals surface area contributed by atoms with Gasteiger partial charge in [0.2, 0.25) is 0 Å². The summed E-state index contributed by atoms with van der Waals surface area (Å²) in [5, 5.41) is 4.56. The molecule has 98 valence electrons. The van der Waals surface area contributed by atoms with Gasteiger partial charge in [0, 0.05) is 5.02 Å². The fraction of sp³-hybridized carbons (Fsp3) is 0.0714. The highest BCUT2D eigenvalue weighted by Gasteiger charge is 2.00. The molecule has 0 saturated heterocycles. The summed E-state index contributed by atoms with van der Waals surface area (Å²) in [6.07, 6.45) is 1.40. The van der Waals surface area contributed by atoms with Gasteiger partial charge in [0.05, 0.1) is 11.9 Å². The van der Waals surface area contributed by atoms with Gasteiger partial charge in [0.25, 0.3) is 0 Å². The Bertz CT molecular complexity index is 627. The van der Waals surface area contributed by atoms with Crippen LogP contribution in [0.1, 0.15) is 11.1 Å². The second-order valence-electron chi connectivity index (χ2n) is 4.01. The normalized spacial score (nSPS) is 10.9. The van der Waals surface area contributed by atoms with Crippen LogP contribution >= 0.6 is 11.6 Å². The lowest BCUT2D eigenvalue weighted by molar-refractivity contribution is 0.508. The van der Waals surface area contributed by atoms with Crippen molar-refractivity contribution in [2.24, 2.45) is 5.10 Å². The monoisotopic (exact) mass is 280 g/mol. The highest BCUT2D eigenvalue weighted by Crippen LogP contribution is 2.19. The highest BCUT2D eigenvalue weighted by atomic mass is 35.5. The molecule has 19 heavy (non-hydrogen) atoms. The summed E-state index contributed by atoms with van der Waals surface area (Å²) < 4.78 is 25.7. The van der Waals surface area contributed by atoms with Crippen LogP contribution in [0.2, 0.25) is 5.02 Å². The molecule has 2 rings (SSSR count). The number of rotatable bonds is 3. The van der Waals surface area contributed by atoms with Crippen molar-refractivity contribution in [3.05, 3.63) is 64.2 Å². The number of hydrogen-bond donors (Lipinski definition) is 1. The van der Waals surface area contributed by atoms with E-state index in [9.17, 15) is 8.78 Å². The molecule has 2 aromatic rings. The minimum Gasteiger partial charge on any atom is -0.278 e. The van der Waals surface area contributed by atoms with Gasteiger partial charge in [-0.05, 0) is 42.3 Å². The molecule has 0 atom stereocenters. The molecule has 1 N–H and O–H groups in total. The summed E-state index contributed by atoms with van der Waals surface area (Å²) in [7, 11) is 0. The smallest absolute Gasteiger partial charge is 0.159 e. The van der Waals surface area contributed by atoms with Gasteiger partial charge in [-0.1, -0.05) is 23.7 Å². The molecule has 0 heterocycles. The summed E-state index contributed by atoms with van der Waals surface area (Å²) in [5.41, 5.74) is 4.91. The zero-order chi connectivity index (χ0) is 13.8. The first-order valence-electron chi connectivity index (χ1n) is 5.56. The van der Waals surface area contributed by atoms with Gasteiger partial charge in [-0.15, -0.1) is 0 Å². The van der Waals surface area contributed by atoms with Crippen molar-refractivity contribution in [2.45, 2.75) is 6.92 Å². The fourth-order valence-corrected chi connectivity index (χ4v) is 1.62. The van der Waals surface area contributed by atoms with Crippen molar-refractivity contribution in [3.63, 3.8) is 0 Å². The standard InChI is InChI=1S/C14H11ClF2N2/c1-9-2-4-11(7-12(9)15)19-18-8-10-3-5-13(16)14(17)6-10/h2-8,19H,1H3. The van der Waals surface area contributed by atoms with Crippen LogP contribution < -0.4 is 5.43 Å². The molecule has 0 saturated carbocycles. The number of halogens is 3. The summed E-state index contributed by atoms with van der Waals surface area (Å²) >= 11 is 5.96. The molecule has 0 spiro atoms. The van der Waals surface area contributed by atoms with Crippen molar-refractivity contribution in [2.75, 3.05) is 5.43 Å². The van der Waals surface area contributed by atoms with Gasteiger partial charge in [-0.3, -0.25) is 5.43 Å². The van der Waals surface area contributed by atoms with Gasteiger partial charge in [0.15, 0.2) is 11.6 Å². The lowest BCUT2D eigenvalue weighted by Crippen LogP contribution is -1.92. The van der Waals surface area contributed by atoms with Gasteiger partial charge >= 0.3 is 0 Å². The Morgan fingerprint density at radius 2 is 1.89 bits per heavy atom. The maximum absolute atomic E-state index is 13.0. The number of nitrogens with zero attached hydrogens (tertiary/aromatic N) is 1. The van der Waals surface area contributed by atoms with E-state index in [-0.39, 0.29) is 0 Å².